The van der Waals surface area contributed by atoms with Crippen LogP contribution in [0.2, 0.25) is 5.15 Å². The first-order valence-electron chi connectivity index (χ1n) is 16.8. The maximum Gasteiger partial charge on any atom is 0.408 e. The number of alkyl carbamates (subject to hydrolysis) is 1. The van der Waals surface area contributed by atoms with Crippen molar-refractivity contribution in [2.24, 2.45) is 28.3 Å². The second kappa shape index (κ2) is 21.7. The minimum Gasteiger partial charge on any atom is -0.480 e. The van der Waals surface area contributed by atoms with E-state index >= 15 is 0 Å². The number of carbonyl (C=O) groups is 6. The number of rotatable bonds is 19. The topological polar surface area (TPSA) is 308 Å². The second-order valence-electron chi connectivity index (χ2n) is 12.6. The molecule has 5 amide bonds. The van der Waals surface area contributed by atoms with Crippen molar-refractivity contribution in [2.75, 3.05) is 24.1 Å². The van der Waals surface area contributed by atoms with Gasteiger partial charge in [-0.2, -0.15) is 4.99 Å². The Morgan fingerprint density at radius 3 is 2.19 bits per heavy atom. The molecule has 1 aromatic heterocycles. The number of amides is 5. The molecule has 0 bridgehead atoms. The largest absolute Gasteiger partial charge is 0.480 e. The molecule has 0 aliphatic heterocycles. The van der Waals surface area contributed by atoms with Crippen LogP contribution in [0.1, 0.15) is 69.4 Å². The van der Waals surface area contributed by atoms with E-state index in [1.807, 2.05) is 19.9 Å². The highest BCUT2D eigenvalue weighted by Crippen LogP contribution is 2.21. The number of nitrogens with one attached hydrogen (secondary N) is 5. The van der Waals surface area contributed by atoms with E-state index in [9.17, 15) is 28.8 Å². The first kappa shape index (κ1) is 43.6. The molecule has 0 aliphatic carbocycles. The first-order valence-corrected chi connectivity index (χ1v) is 17.2. The van der Waals surface area contributed by atoms with Crippen LogP contribution in [0.4, 0.5) is 16.4 Å². The molecular formula is C33H48ClN11O8. The zero-order valence-corrected chi connectivity index (χ0v) is 30.7. The number of halogens is 1. The van der Waals surface area contributed by atoms with Gasteiger partial charge in [-0.05, 0) is 49.6 Å². The molecule has 0 radical (unpaired) electrons. The number of anilines is 2. The summed E-state index contributed by atoms with van der Waals surface area (Å²) in [6.07, 6.45) is 0.423. The van der Waals surface area contributed by atoms with Gasteiger partial charge in [0.05, 0.1) is 0 Å². The third kappa shape index (κ3) is 15.3. The Morgan fingerprint density at radius 2 is 1.58 bits per heavy atom. The third-order valence-corrected chi connectivity index (χ3v) is 7.58. The van der Waals surface area contributed by atoms with Gasteiger partial charge in [-0.25, -0.2) is 14.8 Å². The highest BCUT2D eigenvalue weighted by molar-refractivity contribution is 6.32. The number of carboxylic acids is 1. The zero-order valence-electron chi connectivity index (χ0n) is 30.0. The lowest BCUT2D eigenvalue weighted by molar-refractivity contribution is -0.135. The number of nitrogen functional groups attached to an aromatic ring is 1. The van der Waals surface area contributed by atoms with Gasteiger partial charge in [-0.1, -0.05) is 69.6 Å². The number of carbonyl (C=O) groups excluding carboxylic acids is 5. The van der Waals surface area contributed by atoms with Crippen LogP contribution in [0.25, 0.3) is 0 Å². The van der Waals surface area contributed by atoms with Gasteiger partial charge < -0.3 is 48.3 Å². The summed E-state index contributed by atoms with van der Waals surface area (Å²) in [4.78, 5) is 87.8. The van der Waals surface area contributed by atoms with Crippen molar-refractivity contribution in [1.82, 2.24) is 31.2 Å². The smallest absolute Gasteiger partial charge is 0.408 e. The minimum atomic E-state index is -1.21. The molecule has 2 aromatic rings. The standard InChI is InChI=1S/C33H48ClN11O8/c1-17(2)14-21(40-30(50)23(18(3)4)42-33(52)53-16-19-10-6-5-7-11-19)29(49)39-20(12-8-9-13-35)28(48)44-32(37)45-31(51)24-26(36)43-27(25(34)41-24)38-15-22(46)47/h5-7,10-11,17-18,20-21,23H,8-9,12-16,35H2,1-4H3,(H,39,49)(H,40,50)(H,42,52)(H,46,47)(H3,36,38,43)(H3,37,44,45,48,51)/t20-,21-,23-/m0/s1. The van der Waals surface area contributed by atoms with Crippen LogP contribution >= 0.6 is 11.6 Å². The Bertz CT molecular complexity index is 1630. The number of guanidine groups is 1. The summed E-state index contributed by atoms with van der Waals surface area (Å²) in [6.45, 7) is 6.89. The normalized spacial score (nSPS) is 13.0. The van der Waals surface area contributed by atoms with E-state index in [1.54, 1.807) is 38.1 Å². The summed E-state index contributed by atoms with van der Waals surface area (Å²) in [7, 11) is 0. The van der Waals surface area contributed by atoms with E-state index in [1.165, 1.54) is 0 Å². The lowest BCUT2D eigenvalue weighted by Crippen LogP contribution is -2.58. The van der Waals surface area contributed by atoms with Crippen LogP contribution in [0.15, 0.2) is 35.3 Å². The van der Waals surface area contributed by atoms with Gasteiger partial charge in [-0.15, -0.1) is 0 Å². The maximum absolute atomic E-state index is 13.6. The fraction of sp³-hybridized carbons (Fsp3) is 0.485. The molecule has 19 nitrogen and oxygen atoms in total. The van der Waals surface area contributed by atoms with Gasteiger partial charge in [0.2, 0.25) is 23.7 Å². The van der Waals surface area contributed by atoms with Crippen molar-refractivity contribution < 1.29 is 38.6 Å². The maximum atomic E-state index is 13.6. The molecule has 0 unspecified atom stereocenters. The van der Waals surface area contributed by atoms with Gasteiger partial charge >= 0.3 is 18.0 Å². The van der Waals surface area contributed by atoms with Gasteiger partial charge in [0.15, 0.2) is 22.5 Å². The number of carboxylic acid groups (broad SMARTS) is 1. The Labute approximate surface area is 311 Å². The Balaban J connectivity index is 2.18. The SMILES string of the molecule is CC(C)C[C@H](NC(=O)[C@@H](NC(=O)OCc1ccccc1)C(C)C)C(=O)N[C@@H](CCCCN)C(=O)NC(N)=NC(=O)c1nc(Cl)c(NCC(=O)O)nc1N. The van der Waals surface area contributed by atoms with Crippen molar-refractivity contribution in [3.63, 3.8) is 0 Å². The number of nitrogens with zero attached hydrogens (tertiary/aromatic N) is 3. The number of nitrogens with two attached hydrogens (primary N) is 3. The van der Waals surface area contributed by atoms with Crippen LogP contribution in [0.3, 0.4) is 0 Å². The van der Waals surface area contributed by atoms with E-state index in [2.05, 4.69) is 41.5 Å². The molecule has 1 heterocycles. The third-order valence-electron chi connectivity index (χ3n) is 7.32. The molecule has 20 heteroatoms. The monoisotopic (exact) mass is 761 g/mol. The molecule has 1 aromatic carbocycles. The first-order chi connectivity index (χ1) is 25.0. The molecule has 12 N–H and O–H groups in total. The molecule has 3 atom stereocenters. The zero-order chi connectivity index (χ0) is 39.7. The summed E-state index contributed by atoms with van der Waals surface area (Å²) in [5, 5.41) is 21.0. The van der Waals surface area contributed by atoms with E-state index in [-0.39, 0.29) is 42.3 Å². The molecule has 2 rings (SSSR count). The molecule has 290 valence electrons. The van der Waals surface area contributed by atoms with Crippen LogP contribution < -0.4 is 43.8 Å². The number of hydrogen-bond donors (Lipinski definition) is 9. The number of hydrogen-bond acceptors (Lipinski definition) is 12. The molecule has 53 heavy (non-hydrogen) atoms. The minimum absolute atomic E-state index is 0.00796. The quantitative estimate of drug-likeness (QED) is 0.0545. The van der Waals surface area contributed by atoms with Gasteiger partial charge in [0, 0.05) is 0 Å². The van der Waals surface area contributed by atoms with E-state index in [4.69, 9.17) is 38.6 Å². The second-order valence-corrected chi connectivity index (χ2v) is 13.0. The van der Waals surface area contributed by atoms with E-state index < -0.39 is 77.8 Å². The average molecular weight is 762 g/mol. The lowest BCUT2D eigenvalue weighted by Gasteiger charge is -2.27. The van der Waals surface area contributed by atoms with Crippen LogP contribution in [-0.2, 0) is 30.5 Å². The van der Waals surface area contributed by atoms with Crippen LogP contribution in [-0.4, -0.2) is 87.9 Å². The molecule has 0 aliphatic rings. The van der Waals surface area contributed by atoms with Crippen molar-refractivity contribution in [3.05, 3.63) is 46.7 Å². The van der Waals surface area contributed by atoms with Crippen molar-refractivity contribution in [3.8, 4) is 0 Å². The average Bonchev–Trinajstić information content (AvgIpc) is 3.08. The van der Waals surface area contributed by atoms with Gasteiger partial charge in [-0.3, -0.25) is 29.3 Å². The molecule has 0 spiro atoms. The Morgan fingerprint density at radius 1 is 0.925 bits per heavy atom. The van der Waals surface area contributed by atoms with E-state index in [0.29, 0.717) is 19.4 Å². The number of aliphatic imine (C=N–C) groups is 1. The van der Waals surface area contributed by atoms with Crippen molar-refractivity contribution in [1.29, 1.82) is 0 Å². The molecular weight excluding hydrogens is 714 g/mol. The summed E-state index contributed by atoms with van der Waals surface area (Å²) < 4.78 is 5.27. The van der Waals surface area contributed by atoms with Crippen LogP contribution in [0, 0.1) is 11.8 Å². The molecule has 0 saturated heterocycles. The summed E-state index contributed by atoms with van der Waals surface area (Å²) in [5.74, 6) is -6.23. The van der Waals surface area contributed by atoms with Gasteiger partial charge in [0.1, 0.15) is 31.3 Å². The van der Waals surface area contributed by atoms with Crippen molar-refractivity contribution in [2.45, 2.75) is 78.1 Å². The highest BCUT2D eigenvalue weighted by atomic mass is 35.5. The van der Waals surface area contributed by atoms with Crippen molar-refractivity contribution >= 4 is 64.9 Å². The summed E-state index contributed by atoms with van der Waals surface area (Å²) in [6, 6.07) is 5.64. The number of benzene rings is 1. The Hall–Kier alpha value is -5.56. The fourth-order valence-electron chi connectivity index (χ4n) is 4.69. The van der Waals surface area contributed by atoms with Gasteiger partial charge in [0.25, 0.3) is 0 Å². The number of ether oxygens (including phenoxy) is 1. The molecule has 0 saturated carbocycles. The Kier molecular flexibility index (Phi) is 17.9. The van der Waals surface area contributed by atoms with E-state index in [0.717, 1.165) is 5.56 Å². The molecule has 0 fully saturated rings. The summed E-state index contributed by atoms with van der Waals surface area (Å²) in [5.41, 5.74) is 17.5. The predicted molar refractivity (Wildman–Crippen MR) is 196 cm³/mol. The lowest BCUT2D eigenvalue weighted by atomic mass is 9.99. The van der Waals surface area contributed by atoms with Crippen LogP contribution in [0.5, 0.6) is 0 Å². The fourth-order valence-corrected chi connectivity index (χ4v) is 4.88. The number of aliphatic carboxylic acids is 1. The predicted octanol–water partition coefficient (Wildman–Crippen LogP) is 0.876. The highest BCUT2D eigenvalue weighted by Gasteiger charge is 2.32. The summed E-state index contributed by atoms with van der Waals surface area (Å²) >= 11 is 5.99. The number of aromatic nitrogens is 2. The number of unbranched alkanes of at least 4 members (excludes halogenated alkanes) is 1.